The van der Waals surface area contributed by atoms with E-state index in [2.05, 4.69) is 33.0 Å². The van der Waals surface area contributed by atoms with Gasteiger partial charge >= 0.3 is 0 Å². The number of aryl methyl sites for hydroxylation is 1. The second-order valence-corrected chi connectivity index (χ2v) is 8.63. The molecule has 0 unspecified atom stereocenters. The van der Waals surface area contributed by atoms with Gasteiger partial charge < -0.3 is 5.32 Å². The van der Waals surface area contributed by atoms with Crippen LogP contribution < -0.4 is 5.32 Å². The number of carbonyl (C=O) groups excluding carboxylic acids is 2. The molecule has 0 fully saturated rings. The van der Waals surface area contributed by atoms with Crippen molar-refractivity contribution in [2.24, 2.45) is 0 Å². The first-order valence-corrected chi connectivity index (χ1v) is 10.4. The predicted molar refractivity (Wildman–Crippen MR) is 123 cm³/mol. The fraction of sp³-hybridized carbons (Fsp3) is 0.259. The summed E-state index contributed by atoms with van der Waals surface area (Å²) in [5, 5.41) is 2.90. The monoisotopic (exact) mass is 399 g/mol. The summed E-state index contributed by atoms with van der Waals surface area (Å²) in [6.07, 6.45) is 1.28. The first kappa shape index (κ1) is 21.5. The molecule has 3 nitrogen and oxygen atoms in total. The molecule has 0 aliphatic rings. The largest absolute Gasteiger partial charge is 0.326 e. The van der Waals surface area contributed by atoms with E-state index in [-0.39, 0.29) is 17.1 Å². The Kier molecular flexibility index (Phi) is 6.51. The van der Waals surface area contributed by atoms with E-state index in [1.54, 1.807) is 24.3 Å². The molecule has 3 aromatic carbocycles. The number of hydrogen-bond donors (Lipinski definition) is 1. The zero-order valence-electron chi connectivity index (χ0n) is 18.2. The van der Waals surface area contributed by atoms with Crippen LogP contribution in [-0.2, 0) is 23.1 Å². The molecule has 1 amide bonds. The molecule has 0 heterocycles. The average molecular weight is 400 g/mol. The summed E-state index contributed by atoms with van der Waals surface area (Å²) >= 11 is 0. The van der Waals surface area contributed by atoms with E-state index in [1.807, 2.05) is 48.5 Å². The maximum absolute atomic E-state index is 12.9. The minimum Gasteiger partial charge on any atom is -0.326 e. The third-order valence-electron chi connectivity index (χ3n) is 5.22. The third kappa shape index (κ3) is 5.44. The van der Waals surface area contributed by atoms with Gasteiger partial charge in [0.2, 0.25) is 5.91 Å². The van der Waals surface area contributed by atoms with Crippen LogP contribution in [0.4, 0.5) is 5.69 Å². The molecule has 0 saturated carbocycles. The molecule has 0 atom stereocenters. The Hall–Kier alpha value is -3.20. The van der Waals surface area contributed by atoms with Gasteiger partial charge in [0, 0.05) is 16.8 Å². The van der Waals surface area contributed by atoms with Crippen LogP contribution in [0.25, 0.3) is 0 Å². The van der Waals surface area contributed by atoms with Gasteiger partial charge in [0.25, 0.3) is 0 Å². The molecule has 0 bridgehead atoms. The molecule has 30 heavy (non-hydrogen) atoms. The Bertz CT molecular complexity index is 1030. The van der Waals surface area contributed by atoms with Gasteiger partial charge in [0.15, 0.2) is 5.78 Å². The summed E-state index contributed by atoms with van der Waals surface area (Å²) < 4.78 is 0. The van der Waals surface area contributed by atoms with Crippen LogP contribution in [0.15, 0.2) is 72.8 Å². The molecule has 3 heteroatoms. The van der Waals surface area contributed by atoms with Crippen LogP contribution in [0.3, 0.4) is 0 Å². The Morgan fingerprint density at radius 1 is 0.800 bits per heavy atom. The highest BCUT2D eigenvalue weighted by Gasteiger charge is 2.15. The highest BCUT2D eigenvalue weighted by molar-refractivity contribution is 6.09. The van der Waals surface area contributed by atoms with Crippen molar-refractivity contribution in [2.75, 3.05) is 5.32 Å². The van der Waals surface area contributed by atoms with Gasteiger partial charge in [-0.3, -0.25) is 9.59 Å². The highest BCUT2D eigenvalue weighted by Crippen LogP contribution is 2.23. The van der Waals surface area contributed by atoms with Crippen molar-refractivity contribution in [1.29, 1.82) is 0 Å². The lowest BCUT2D eigenvalue weighted by molar-refractivity contribution is -0.115. The van der Waals surface area contributed by atoms with E-state index in [0.717, 1.165) is 12.0 Å². The van der Waals surface area contributed by atoms with E-state index >= 15 is 0 Å². The fourth-order valence-electron chi connectivity index (χ4n) is 3.31. The van der Waals surface area contributed by atoms with Gasteiger partial charge in [0.1, 0.15) is 0 Å². The minimum absolute atomic E-state index is 0.0443. The summed E-state index contributed by atoms with van der Waals surface area (Å²) in [7, 11) is 0. The second-order valence-electron chi connectivity index (χ2n) is 8.63. The number of benzene rings is 3. The summed E-state index contributed by atoms with van der Waals surface area (Å²) in [4.78, 5) is 25.3. The number of amides is 1. The van der Waals surface area contributed by atoms with Crippen LogP contribution >= 0.6 is 0 Å². The Balaban J connectivity index is 1.69. The SMILES string of the molecule is CCc1ccc(CC(=O)Nc2cccc(C(=O)c3ccc(C(C)(C)C)cc3)c2)cc1. The normalized spacial score (nSPS) is 11.2. The van der Waals surface area contributed by atoms with Crippen molar-refractivity contribution < 1.29 is 9.59 Å². The molecule has 0 saturated heterocycles. The summed E-state index contributed by atoms with van der Waals surface area (Å²) in [5.41, 5.74) is 5.28. The fourth-order valence-corrected chi connectivity index (χ4v) is 3.31. The molecular formula is C27H29NO2. The van der Waals surface area contributed by atoms with E-state index < -0.39 is 0 Å². The zero-order valence-corrected chi connectivity index (χ0v) is 18.2. The van der Waals surface area contributed by atoms with Crippen LogP contribution in [0.1, 0.15) is 60.3 Å². The van der Waals surface area contributed by atoms with E-state index in [9.17, 15) is 9.59 Å². The maximum atomic E-state index is 12.9. The van der Waals surface area contributed by atoms with Crippen molar-refractivity contribution in [1.82, 2.24) is 0 Å². The van der Waals surface area contributed by atoms with Crippen molar-refractivity contribution in [3.63, 3.8) is 0 Å². The lowest BCUT2D eigenvalue weighted by Gasteiger charge is -2.19. The molecule has 3 rings (SSSR count). The zero-order chi connectivity index (χ0) is 21.7. The number of carbonyl (C=O) groups is 2. The van der Waals surface area contributed by atoms with Crippen LogP contribution in [-0.4, -0.2) is 11.7 Å². The Labute approximate surface area is 179 Å². The summed E-state index contributed by atoms with van der Waals surface area (Å²) in [5.74, 6) is -0.153. The van der Waals surface area contributed by atoms with Crippen molar-refractivity contribution >= 4 is 17.4 Å². The first-order valence-electron chi connectivity index (χ1n) is 10.4. The van der Waals surface area contributed by atoms with Crippen molar-refractivity contribution in [3.05, 3.63) is 101 Å². The maximum Gasteiger partial charge on any atom is 0.228 e. The number of hydrogen-bond acceptors (Lipinski definition) is 2. The topological polar surface area (TPSA) is 46.2 Å². The van der Waals surface area contributed by atoms with Crippen LogP contribution in [0.2, 0.25) is 0 Å². The van der Waals surface area contributed by atoms with Gasteiger partial charge in [-0.1, -0.05) is 88.4 Å². The van der Waals surface area contributed by atoms with Gasteiger partial charge in [-0.15, -0.1) is 0 Å². The number of rotatable bonds is 6. The Morgan fingerprint density at radius 3 is 2.03 bits per heavy atom. The molecule has 1 N–H and O–H groups in total. The highest BCUT2D eigenvalue weighted by atomic mass is 16.1. The second kappa shape index (κ2) is 9.08. The van der Waals surface area contributed by atoms with E-state index in [0.29, 0.717) is 23.2 Å². The molecular weight excluding hydrogens is 370 g/mol. The predicted octanol–water partition coefficient (Wildman–Crippen LogP) is 5.96. The third-order valence-corrected chi connectivity index (χ3v) is 5.22. The van der Waals surface area contributed by atoms with E-state index in [4.69, 9.17) is 0 Å². The van der Waals surface area contributed by atoms with Crippen LogP contribution in [0, 0.1) is 0 Å². The lowest BCUT2D eigenvalue weighted by Crippen LogP contribution is -2.15. The molecule has 0 aliphatic heterocycles. The van der Waals surface area contributed by atoms with E-state index in [1.165, 1.54) is 11.1 Å². The van der Waals surface area contributed by atoms with Gasteiger partial charge in [0.05, 0.1) is 6.42 Å². The molecule has 0 aliphatic carbocycles. The molecule has 154 valence electrons. The first-order chi connectivity index (χ1) is 14.3. The van der Waals surface area contributed by atoms with Crippen molar-refractivity contribution in [3.8, 4) is 0 Å². The smallest absolute Gasteiger partial charge is 0.228 e. The molecule has 0 aromatic heterocycles. The molecule has 0 spiro atoms. The Morgan fingerprint density at radius 2 is 1.43 bits per heavy atom. The number of nitrogens with one attached hydrogen (secondary N) is 1. The minimum atomic E-state index is -0.0987. The van der Waals surface area contributed by atoms with Gasteiger partial charge in [-0.05, 0) is 40.7 Å². The quantitative estimate of drug-likeness (QED) is 0.520. The average Bonchev–Trinajstić information content (AvgIpc) is 2.73. The standard InChI is InChI=1S/C27H29NO2/c1-5-19-9-11-20(12-10-19)17-25(29)28-24-8-6-7-22(18-24)26(30)21-13-15-23(16-14-21)27(2,3)4/h6-16,18H,5,17H2,1-4H3,(H,28,29). The molecule has 3 aromatic rings. The lowest BCUT2D eigenvalue weighted by atomic mass is 9.86. The molecule has 0 radical (unpaired) electrons. The van der Waals surface area contributed by atoms with Crippen molar-refractivity contribution in [2.45, 2.75) is 46.0 Å². The number of ketones is 1. The van der Waals surface area contributed by atoms with Gasteiger partial charge in [-0.2, -0.15) is 0 Å². The summed E-state index contributed by atoms with van der Waals surface area (Å²) in [6, 6.07) is 22.9. The van der Waals surface area contributed by atoms with Gasteiger partial charge in [-0.25, -0.2) is 0 Å². The summed E-state index contributed by atoms with van der Waals surface area (Å²) in [6.45, 7) is 8.55. The number of anilines is 1. The van der Waals surface area contributed by atoms with Crippen LogP contribution in [0.5, 0.6) is 0 Å².